The molecule has 2 N–H and O–H groups in total. The molecular weight excluding hydrogens is 396 g/mol. The molecule has 4 rings (SSSR count). The number of aromatic nitrogens is 1. The Hall–Kier alpha value is -3.61. The summed E-state index contributed by atoms with van der Waals surface area (Å²) in [6, 6.07) is 16.9. The van der Waals surface area contributed by atoms with Crippen LogP contribution in [0, 0.1) is 13.8 Å². The van der Waals surface area contributed by atoms with Crippen LogP contribution in [0.1, 0.15) is 29.7 Å². The van der Waals surface area contributed by atoms with Crippen LogP contribution in [0.5, 0.6) is 5.75 Å². The van der Waals surface area contributed by atoms with Crippen LogP contribution in [0.2, 0.25) is 0 Å². The number of pyridine rings is 1. The van der Waals surface area contributed by atoms with Gasteiger partial charge in [-0.3, -0.25) is 4.98 Å². The number of carbonyl (C=O) groups is 2. The van der Waals surface area contributed by atoms with Gasteiger partial charge in [-0.25, -0.2) is 9.59 Å². The first-order chi connectivity index (χ1) is 14.8. The number of carboxylic acid groups (broad SMARTS) is 2. The molecule has 3 aromatic rings. The van der Waals surface area contributed by atoms with E-state index in [4.69, 9.17) is 29.5 Å². The van der Waals surface area contributed by atoms with E-state index in [0.29, 0.717) is 6.61 Å². The first-order valence-electron chi connectivity index (χ1n) is 10.1. The molecule has 1 aliphatic heterocycles. The minimum Gasteiger partial charge on any atom is -0.489 e. The van der Waals surface area contributed by atoms with Gasteiger partial charge in [0.25, 0.3) is 0 Å². The first kappa shape index (κ1) is 22.1. The monoisotopic (exact) mass is 422 g/mol. The summed E-state index contributed by atoms with van der Waals surface area (Å²) in [6.45, 7) is 7.02. The zero-order valence-electron chi connectivity index (χ0n) is 17.7. The summed E-state index contributed by atoms with van der Waals surface area (Å²) >= 11 is 0. The Labute approximate surface area is 180 Å². The molecule has 0 spiro atoms. The van der Waals surface area contributed by atoms with Gasteiger partial charge >= 0.3 is 11.9 Å². The molecule has 0 aliphatic carbocycles. The summed E-state index contributed by atoms with van der Waals surface area (Å²) in [6.07, 6.45) is 2.57. The third-order valence-electron chi connectivity index (χ3n) is 5.10. The van der Waals surface area contributed by atoms with Crippen molar-refractivity contribution >= 4 is 28.5 Å². The summed E-state index contributed by atoms with van der Waals surface area (Å²) < 4.78 is 5.99. The molecule has 1 saturated heterocycles. The quantitative estimate of drug-likeness (QED) is 0.608. The molecule has 7 heteroatoms. The van der Waals surface area contributed by atoms with E-state index in [1.54, 1.807) is 0 Å². The zero-order chi connectivity index (χ0) is 22.4. The van der Waals surface area contributed by atoms with Crippen LogP contribution in [-0.4, -0.2) is 40.2 Å². The van der Waals surface area contributed by atoms with Gasteiger partial charge in [0.05, 0.1) is 5.52 Å². The van der Waals surface area contributed by atoms with E-state index in [-0.39, 0.29) is 0 Å². The number of para-hydroxylation sites is 1. The standard InChI is InChI=1S/C22H24N2O.C2H2O4/c1-16-7-3-4-8-22(16)25-15-18-9-10-19-20(14-18)23-17(2)13-21(19)24-11-5-6-12-24;3-1(4)2(5)6/h3-4,7-10,13-14H,5-6,11-12,15H2,1-2H3;(H,3,4)(H,5,6). The second kappa shape index (κ2) is 9.93. The minimum absolute atomic E-state index is 0.565. The van der Waals surface area contributed by atoms with Gasteiger partial charge in [0, 0.05) is 29.9 Å². The van der Waals surface area contributed by atoms with Crippen LogP contribution in [0.25, 0.3) is 10.9 Å². The molecule has 1 fully saturated rings. The molecule has 31 heavy (non-hydrogen) atoms. The lowest BCUT2D eigenvalue weighted by molar-refractivity contribution is -0.159. The summed E-state index contributed by atoms with van der Waals surface area (Å²) in [5.74, 6) is -2.71. The second-order valence-electron chi connectivity index (χ2n) is 7.49. The molecule has 2 heterocycles. The van der Waals surface area contributed by atoms with Gasteiger partial charge in [0.2, 0.25) is 0 Å². The fraction of sp³-hybridized carbons (Fsp3) is 0.292. The molecule has 0 saturated carbocycles. The molecule has 1 aliphatic rings. The van der Waals surface area contributed by atoms with E-state index < -0.39 is 11.9 Å². The van der Waals surface area contributed by atoms with Crippen molar-refractivity contribution in [1.29, 1.82) is 0 Å². The summed E-state index contributed by atoms with van der Waals surface area (Å²) in [4.78, 5) is 25.4. The van der Waals surface area contributed by atoms with Crippen molar-refractivity contribution in [3.05, 3.63) is 65.4 Å². The lowest BCUT2D eigenvalue weighted by Crippen LogP contribution is -2.18. The topological polar surface area (TPSA) is 100.0 Å². The Bertz CT molecular complexity index is 1080. The van der Waals surface area contributed by atoms with Crippen molar-refractivity contribution in [2.24, 2.45) is 0 Å². The highest BCUT2D eigenvalue weighted by Gasteiger charge is 2.16. The molecule has 0 atom stereocenters. The third kappa shape index (κ3) is 5.72. The van der Waals surface area contributed by atoms with E-state index in [9.17, 15) is 0 Å². The number of anilines is 1. The highest BCUT2D eigenvalue weighted by atomic mass is 16.5. The number of hydrogen-bond donors (Lipinski definition) is 2. The Morgan fingerprint density at radius 1 is 1.00 bits per heavy atom. The Morgan fingerprint density at radius 2 is 1.68 bits per heavy atom. The number of aryl methyl sites for hydroxylation is 2. The SMILES string of the molecule is Cc1cc(N2CCCC2)c2ccc(COc3ccccc3C)cc2n1.O=C(O)C(=O)O. The number of carboxylic acids is 2. The van der Waals surface area contributed by atoms with Crippen LogP contribution in [0.15, 0.2) is 48.5 Å². The molecular formula is C24H26N2O5. The van der Waals surface area contributed by atoms with Crippen LogP contribution < -0.4 is 9.64 Å². The molecule has 2 aromatic carbocycles. The Kier molecular flexibility index (Phi) is 7.07. The van der Waals surface area contributed by atoms with Crippen molar-refractivity contribution in [2.45, 2.75) is 33.3 Å². The zero-order valence-corrected chi connectivity index (χ0v) is 17.7. The maximum absolute atomic E-state index is 9.10. The number of aliphatic carboxylic acids is 2. The summed E-state index contributed by atoms with van der Waals surface area (Å²) in [5.41, 5.74) is 5.78. The Balaban J connectivity index is 0.000000401. The molecule has 0 bridgehead atoms. The number of fused-ring (bicyclic) bond motifs is 1. The van der Waals surface area contributed by atoms with Gasteiger partial charge < -0.3 is 19.8 Å². The van der Waals surface area contributed by atoms with Gasteiger partial charge in [-0.1, -0.05) is 30.3 Å². The normalized spacial score (nSPS) is 12.9. The first-order valence-corrected chi connectivity index (χ1v) is 10.1. The Morgan fingerprint density at radius 3 is 2.32 bits per heavy atom. The number of benzene rings is 2. The second-order valence-corrected chi connectivity index (χ2v) is 7.49. The number of hydrogen-bond acceptors (Lipinski definition) is 5. The molecule has 7 nitrogen and oxygen atoms in total. The molecule has 0 amide bonds. The third-order valence-corrected chi connectivity index (χ3v) is 5.10. The van der Waals surface area contributed by atoms with E-state index in [1.165, 1.54) is 23.9 Å². The smallest absolute Gasteiger partial charge is 0.414 e. The molecule has 162 valence electrons. The van der Waals surface area contributed by atoms with E-state index >= 15 is 0 Å². The largest absolute Gasteiger partial charge is 0.489 e. The summed E-state index contributed by atoms with van der Waals surface area (Å²) in [7, 11) is 0. The predicted octanol–water partition coefficient (Wildman–Crippen LogP) is 4.19. The van der Waals surface area contributed by atoms with Gasteiger partial charge in [-0.15, -0.1) is 0 Å². The van der Waals surface area contributed by atoms with E-state index in [0.717, 1.165) is 41.2 Å². The number of rotatable bonds is 4. The van der Waals surface area contributed by atoms with Gasteiger partial charge in [-0.05, 0) is 56.0 Å². The van der Waals surface area contributed by atoms with Crippen molar-refractivity contribution in [3.8, 4) is 5.75 Å². The number of nitrogens with zero attached hydrogens (tertiary/aromatic N) is 2. The lowest BCUT2D eigenvalue weighted by Gasteiger charge is -2.20. The molecule has 1 aromatic heterocycles. The van der Waals surface area contributed by atoms with Gasteiger partial charge in [0.1, 0.15) is 12.4 Å². The fourth-order valence-corrected chi connectivity index (χ4v) is 3.57. The van der Waals surface area contributed by atoms with Crippen molar-refractivity contribution in [2.75, 3.05) is 18.0 Å². The molecule has 0 radical (unpaired) electrons. The fourth-order valence-electron chi connectivity index (χ4n) is 3.57. The van der Waals surface area contributed by atoms with Crippen molar-refractivity contribution in [1.82, 2.24) is 4.98 Å². The van der Waals surface area contributed by atoms with E-state index in [1.807, 2.05) is 18.2 Å². The highest BCUT2D eigenvalue weighted by Crippen LogP contribution is 2.30. The average Bonchev–Trinajstić information content (AvgIpc) is 3.27. The maximum Gasteiger partial charge on any atom is 0.414 e. The van der Waals surface area contributed by atoms with Crippen molar-refractivity contribution < 1.29 is 24.5 Å². The van der Waals surface area contributed by atoms with E-state index in [2.05, 4.69) is 49.1 Å². The van der Waals surface area contributed by atoms with Gasteiger partial charge in [0.15, 0.2) is 0 Å². The van der Waals surface area contributed by atoms with Gasteiger partial charge in [-0.2, -0.15) is 0 Å². The minimum atomic E-state index is -1.82. The van der Waals surface area contributed by atoms with Crippen LogP contribution in [-0.2, 0) is 16.2 Å². The predicted molar refractivity (Wildman–Crippen MR) is 119 cm³/mol. The lowest BCUT2D eigenvalue weighted by atomic mass is 10.1. The van der Waals surface area contributed by atoms with Crippen LogP contribution in [0.3, 0.4) is 0 Å². The van der Waals surface area contributed by atoms with Crippen molar-refractivity contribution in [3.63, 3.8) is 0 Å². The molecule has 0 unspecified atom stereocenters. The van der Waals surface area contributed by atoms with Crippen LogP contribution in [0.4, 0.5) is 5.69 Å². The average molecular weight is 422 g/mol. The summed E-state index contributed by atoms with van der Waals surface area (Å²) in [5, 5.41) is 16.0. The number of ether oxygens (including phenoxy) is 1. The van der Waals surface area contributed by atoms with Crippen LogP contribution >= 0.6 is 0 Å². The highest BCUT2D eigenvalue weighted by molar-refractivity contribution is 6.27. The maximum atomic E-state index is 9.10.